The Hall–Kier alpha value is -1.02. The monoisotopic (exact) mass is 246 g/mol. The Bertz CT molecular complexity index is 400. The molecule has 0 amide bonds. The lowest BCUT2D eigenvalue weighted by Gasteiger charge is -2.20. The number of hydrogen-bond donors (Lipinski definition) is 1. The average Bonchev–Trinajstić information content (AvgIpc) is 2.78. The number of hydrogen-bond acceptors (Lipinski definition) is 2. The summed E-state index contributed by atoms with van der Waals surface area (Å²) in [5, 5.41) is 0. The normalized spacial score (nSPS) is 21.3. The van der Waals surface area contributed by atoms with Crippen LogP contribution in [0.4, 0.5) is 5.69 Å². The van der Waals surface area contributed by atoms with E-state index < -0.39 is 0 Å². The van der Waals surface area contributed by atoms with Gasteiger partial charge in [0, 0.05) is 24.8 Å². The highest BCUT2D eigenvalue weighted by molar-refractivity contribution is 5.51. The highest BCUT2D eigenvalue weighted by Gasteiger charge is 2.19. The van der Waals surface area contributed by atoms with Gasteiger partial charge < -0.3 is 10.6 Å². The molecule has 2 unspecified atom stereocenters. The SMILES string of the molecule is CCC(N)Cc1ccc(N2CCC(C)C2)cc1C. The molecule has 2 rings (SSSR count). The number of anilines is 1. The van der Waals surface area contributed by atoms with Gasteiger partial charge in [0.1, 0.15) is 0 Å². The van der Waals surface area contributed by atoms with E-state index in [-0.39, 0.29) is 0 Å². The summed E-state index contributed by atoms with van der Waals surface area (Å²) >= 11 is 0. The molecular weight excluding hydrogens is 220 g/mol. The van der Waals surface area contributed by atoms with E-state index in [1.54, 1.807) is 0 Å². The van der Waals surface area contributed by atoms with E-state index in [0.29, 0.717) is 6.04 Å². The van der Waals surface area contributed by atoms with Crippen LogP contribution in [0.3, 0.4) is 0 Å². The number of aryl methyl sites for hydroxylation is 1. The molecule has 0 aromatic heterocycles. The summed E-state index contributed by atoms with van der Waals surface area (Å²) in [4.78, 5) is 2.50. The maximum absolute atomic E-state index is 6.04. The number of nitrogens with zero attached hydrogens (tertiary/aromatic N) is 1. The van der Waals surface area contributed by atoms with Gasteiger partial charge in [-0.2, -0.15) is 0 Å². The predicted molar refractivity (Wildman–Crippen MR) is 79.1 cm³/mol. The lowest BCUT2D eigenvalue weighted by Crippen LogP contribution is -2.22. The van der Waals surface area contributed by atoms with Gasteiger partial charge >= 0.3 is 0 Å². The van der Waals surface area contributed by atoms with Crippen molar-refractivity contribution in [1.82, 2.24) is 0 Å². The quantitative estimate of drug-likeness (QED) is 0.884. The third kappa shape index (κ3) is 3.05. The van der Waals surface area contributed by atoms with Crippen LogP contribution in [0.5, 0.6) is 0 Å². The van der Waals surface area contributed by atoms with Crippen LogP contribution in [0.15, 0.2) is 18.2 Å². The van der Waals surface area contributed by atoms with Gasteiger partial charge in [-0.15, -0.1) is 0 Å². The summed E-state index contributed by atoms with van der Waals surface area (Å²) in [6, 6.07) is 7.16. The molecule has 2 nitrogen and oxygen atoms in total. The molecule has 1 saturated heterocycles. The molecule has 2 N–H and O–H groups in total. The van der Waals surface area contributed by atoms with E-state index in [2.05, 4.69) is 43.9 Å². The minimum Gasteiger partial charge on any atom is -0.371 e. The van der Waals surface area contributed by atoms with Gasteiger partial charge in [-0.25, -0.2) is 0 Å². The zero-order chi connectivity index (χ0) is 13.1. The summed E-state index contributed by atoms with van der Waals surface area (Å²) < 4.78 is 0. The van der Waals surface area contributed by atoms with Gasteiger partial charge in [-0.05, 0) is 55.4 Å². The molecule has 1 aromatic carbocycles. The van der Waals surface area contributed by atoms with Crippen LogP contribution in [-0.4, -0.2) is 19.1 Å². The van der Waals surface area contributed by atoms with E-state index in [1.807, 2.05) is 0 Å². The Labute approximate surface area is 111 Å². The van der Waals surface area contributed by atoms with Crippen LogP contribution in [0, 0.1) is 12.8 Å². The molecule has 0 bridgehead atoms. The fraction of sp³-hybridized carbons (Fsp3) is 0.625. The first-order chi connectivity index (χ1) is 8.60. The van der Waals surface area contributed by atoms with Crippen molar-refractivity contribution < 1.29 is 0 Å². The minimum absolute atomic E-state index is 0.293. The van der Waals surface area contributed by atoms with Gasteiger partial charge in [-0.3, -0.25) is 0 Å². The van der Waals surface area contributed by atoms with Crippen LogP contribution in [0.1, 0.15) is 37.8 Å². The molecule has 100 valence electrons. The number of rotatable bonds is 4. The molecule has 1 aromatic rings. The second kappa shape index (κ2) is 5.75. The van der Waals surface area contributed by atoms with Crippen molar-refractivity contribution in [2.75, 3.05) is 18.0 Å². The largest absolute Gasteiger partial charge is 0.371 e. The molecule has 18 heavy (non-hydrogen) atoms. The molecule has 1 aliphatic rings. The summed E-state index contributed by atoms with van der Waals surface area (Å²) in [5.41, 5.74) is 10.2. The second-order valence-electron chi connectivity index (χ2n) is 5.82. The van der Waals surface area contributed by atoms with E-state index in [4.69, 9.17) is 5.73 Å². The molecule has 0 saturated carbocycles. The number of benzene rings is 1. The first kappa shape index (κ1) is 13.4. The van der Waals surface area contributed by atoms with Gasteiger partial charge in [0.05, 0.1) is 0 Å². The Balaban J connectivity index is 2.09. The average molecular weight is 246 g/mol. The van der Waals surface area contributed by atoms with E-state index in [1.165, 1.54) is 36.3 Å². The molecule has 1 heterocycles. The molecule has 2 atom stereocenters. The van der Waals surface area contributed by atoms with Crippen molar-refractivity contribution in [2.24, 2.45) is 11.7 Å². The van der Waals surface area contributed by atoms with E-state index >= 15 is 0 Å². The van der Waals surface area contributed by atoms with Crippen molar-refractivity contribution in [2.45, 2.75) is 46.1 Å². The van der Waals surface area contributed by atoms with Gasteiger partial charge in [0.15, 0.2) is 0 Å². The van der Waals surface area contributed by atoms with Crippen molar-refractivity contribution in [3.63, 3.8) is 0 Å². The summed E-state index contributed by atoms with van der Waals surface area (Å²) in [7, 11) is 0. The Morgan fingerprint density at radius 1 is 1.44 bits per heavy atom. The first-order valence-corrected chi connectivity index (χ1v) is 7.20. The van der Waals surface area contributed by atoms with E-state index in [9.17, 15) is 0 Å². The highest BCUT2D eigenvalue weighted by atomic mass is 15.1. The van der Waals surface area contributed by atoms with Crippen LogP contribution >= 0.6 is 0 Å². The van der Waals surface area contributed by atoms with E-state index in [0.717, 1.165) is 18.8 Å². The Morgan fingerprint density at radius 3 is 2.78 bits per heavy atom. The maximum atomic E-state index is 6.04. The fourth-order valence-electron chi connectivity index (χ4n) is 2.70. The lowest BCUT2D eigenvalue weighted by atomic mass is 9.99. The zero-order valence-electron chi connectivity index (χ0n) is 11.9. The summed E-state index contributed by atoms with van der Waals surface area (Å²) in [5.74, 6) is 0.832. The molecule has 1 aliphatic heterocycles. The van der Waals surface area contributed by atoms with Crippen molar-refractivity contribution in [3.8, 4) is 0 Å². The first-order valence-electron chi connectivity index (χ1n) is 7.20. The van der Waals surface area contributed by atoms with Crippen molar-refractivity contribution in [1.29, 1.82) is 0 Å². The Kier molecular flexibility index (Phi) is 4.28. The summed E-state index contributed by atoms with van der Waals surface area (Å²) in [6.45, 7) is 9.10. The van der Waals surface area contributed by atoms with Crippen molar-refractivity contribution >= 4 is 5.69 Å². The third-order valence-electron chi connectivity index (χ3n) is 4.12. The zero-order valence-corrected chi connectivity index (χ0v) is 11.9. The third-order valence-corrected chi connectivity index (χ3v) is 4.12. The molecular formula is C16H26N2. The lowest BCUT2D eigenvalue weighted by molar-refractivity contribution is 0.644. The molecule has 0 radical (unpaired) electrons. The molecule has 1 fully saturated rings. The second-order valence-corrected chi connectivity index (χ2v) is 5.82. The van der Waals surface area contributed by atoms with Gasteiger partial charge in [0.25, 0.3) is 0 Å². The number of nitrogens with two attached hydrogens (primary N) is 1. The predicted octanol–water partition coefficient (Wildman–Crippen LogP) is 3.12. The fourth-order valence-corrected chi connectivity index (χ4v) is 2.70. The van der Waals surface area contributed by atoms with Crippen LogP contribution in [-0.2, 0) is 6.42 Å². The van der Waals surface area contributed by atoms with Crippen LogP contribution in [0.2, 0.25) is 0 Å². The van der Waals surface area contributed by atoms with Crippen molar-refractivity contribution in [3.05, 3.63) is 29.3 Å². The minimum atomic E-state index is 0.293. The van der Waals surface area contributed by atoms with Gasteiger partial charge in [0.2, 0.25) is 0 Å². The van der Waals surface area contributed by atoms with Gasteiger partial charge in [-0.1, -0.05) is 19.9 Å². The van der Waals surface area contributed by atoms with Crippen LogP contribution in [0.25, 0.3) is 0 Å². The highest BCUT2D eigenvalue weighted by Crippen LogP contribution is 2.26. The maximum Gasteiger partial charge on any atom is 0.0369 e. The molecule has 2 heteroatoms. The molecule has 0 aliphatic carbocycles. The standard InChI is InChI=1S/C16H26N2/c1-4-15(17)10-14-5-6-16(9-13(14)3)18-8-7-12(2)11-18/h5-6,9,12,15H,4,7-8,10-11,17H2,1-3H3. The Morgan fingerprint density at radius 2 is 2.22 bits per heavy atom. The molecule has 0 spiro atoms. The van der Waals surface area contributed by atoms with Crippen LogP contribution < -0.4 is 10.6 Å². The topological polar surface area (TPSA) is 29.3 Å². The smallest absolute Gasteiger partial charge is 0.0369 e. The summed E-state index contributed by atoms with van der Waals surface area (Å²) in [6.07, 6.45) is 3.37.